The van der Waals surface area contributed by atoms with Crippen LogP contribution in [-0.2, 0) is 22.4 Å². The van der Waals surface area contributed by atoms with Crippen molar-refractivity contribution < 1.29 is 22.8 Å². The average Bonchev–Trinajstić information content (AvgIpc) is 3.51. The quantitative estimate of drug-likeness (QED) is 0.582. The summed E-state index contributed by atoms with van der Waals surface area (Å²) in [6, 6.07) is 7.26. The number of nitrogens with zero attached hydrogens (tertiary/aromatic N) is 3. The molecule has 4 rings (SSSR count). The van der Waals surface area contributed by atoms with Crippen LogP contribution in [0.4, 0.5) is 18.9 Å². The largest absolute Gasteiger partial charge is 0.395 e. The van der Waals surface area contributed by atoms with Crippen molar-refractivity contribution in [2.75, 3.05) is 26.0 Å². The maximum absolute atomic E-state index is 13.8. The van der Waals surface area contributed by atoms with Crippen LogP contribution in [0.5, 0.6) is 0 Å². The maximum Gasteiger partial charge on any atom is 0.395 e. The number of carbonyl (C=O) groups is 2. The fourth-order valence-corrected chi connectivity index (χ4v) is 4.60. The molecule has 34 heavy (non-hydrogen) atoms. The summed E-state index contributed by atoms with van der Waals surface area (Å²) < 4.78 is 41.5. The number of alkyl halides is 3. The van der Waals surface area contributed by atoms with E-state index in [9.17, 15) is 22.8 Å². The Morgan fingerprint density at radius 2 is 1.94 bits per heavy atom. The molecule has 2 aromatic rings. The van der Waals surface area contributed by atoms with Crippen molar-refractivity contribution >= 4 is 17.5 Å². The van der Waals surface area contributed by atoms with Crippen LogP contribution in [0.25, 0.3) is 0 Å². The summed E-state index contributed by atoms with van der Waals surface area (Å²) in [5.74, 6) is -1.55. The van der Waals surface area contributed by atoms with Crippen molar-refractivity contribution in [1.29, 1.82) is 0 Å². The molecule has 2 amide bonds. The van der Waals surface area contributed by atoms with Crippen molar-refractivity contribution in [3.8, 4) is 0 Å². The van der Waals surface area contributed by atoms with Crippen molar-refractivity contribution in [2.24, 2.45) is 5.41 Å². The number of amides is 2. The van der Waals surface area contributed by atoms with Crippen molar-refractivity contribution in [3.05, 3.63) is 53.6 Å². The Kier molecular flexibility index (Phi) is 6.62. The van der Waals surface area contributed by atoms with E-state index in [4.69, 9.17) is 0 Å². The average molecular weight is 476 g/mol. The minimum atomic E-state index is -4.42. The minimum absolute atomic E-state index is 0.0251. The number of halogens is 3. The first-order valence-electron chi connectivity index (χ1n) is 11.3. The van der Waals surface area contributed by atoms with Crippen LogP contribution in [0.15, 0.2) is 36.7 Å². The molecule has 0 radical (unpaired) electrons. The Labute approximate surface area is 196 Å². The van der Waals surface area contributed by atoms with E-state index in [0.29, 0.717) is 12.8 Å². The van der Waals surface area contributed by atoms with E-state index in [1.54, 1.807) is 6.07 Å². The van der Waals surface area contributed by atoms with Gasteiger partial charge in [0.05, 0.1) is 11.8 Å². The molecule has 0 bridgehead atoms. The van der Waals surface area contributed by atoms with E-state index < -0.39 is 23.4 Å². The van der Waals surface area contributed by atoms with Gasteiger partial charge in [-0.15, -0.1) is 0 Å². The number of aromatic nitrogens is 2. The van der Waals surface area contributed by atoms with Crippen LogP contribution in [0.3, 0.4) is 0 Å². The van der Waals surface area contributed by atoms with E-state index in [-0.39, 0.29) is 43.6 Å². The van der Waals surface area contributed by atoms with Crippen LogP contribution in [0.1, 0.15) is 42.1 Å². The molecular weight excluding hydrogens is 447 g/mol. The Bertz CT molecular complexity index is 1050. The smallest absolute Gasteiger partial charge is 0.354 e. The van der Waals surface area contributed by atoms with Gasteiger partial charge in [0.15, 0.2) is 0 Å². The Hall–Kier alpha value is -3.01. The van der Waals surface area contributed by atoms with Crippen LogP contribution in [0.2, 0.25) is 0 Å². The topological polar surface area (TPSA) is 87.2 Å². The van der Waals surface area contributed by atoms with E-state index in [1.807, 2.05) is 37.2 Å². The molecule has 182 valence electrons. The first-order valence-corrected chi connectivity index (χ1v) is 11.3. The first kappa shape index (κ1) is 24.1. The van der Waals surface area contributed by atoms with Gasteiger partial charge < -0.3 is 15.5 Å². The van der Waals surface area contributed by atoms with Crippen LogP contribution >= 0.6 is 0 Å². The zero-order valence-electron chi connectivity index (χ0n) is 19.2. The summed E-state index contributed by atoms with van der Waals surface area (Å²) in [5.41, 5.74) is 0.836. The van der Waals surface area contributed by atoms with E-state index in [0.717, 1.165) is 16.8 Å². The molecule has 1 unspecified atom stereocenters. The van der Waals surface area contributed by atoms with Gasteiger partial charge in [0.2, 0.25) is 11.8 Å². The number of benzene rings is 1. The number of likely N-dealkylation sites (N-methyl/N-ethyl adjacent to an activating group) is 1. The predicted octanol–water partition coefficient (Wildman–Crippen LogP) is 3.08. The number of carbonyl (C=O) groups excluding carboxylic acids is 2. The molecule has 2 atom stereocenters. The molecule has 2 aliphatic rings. The third kappa shape index (κ3) is 5.06. The molecule has 1 aliphatic carbocycles. The zero-order valence-corrected chi connectivity index (χ0v) is 19.2. The number of rotatable bonds is 9. The standard InChI is InChI=1S/C24H28F3N5O2/c1-32(2)17(11-15-4-5-19-16(10-15)12-21(34)31-19)14-30-20(33)13-18(22-28-8-3-9-29-22)23(6-7-23)24(25,26)27/h3-5,8-10,17-18H,6-7,11-14H2,1-2H3,(H,30,33)(H,31,34)/t17-,18?/m0/s1. The summed E-state index contributed by atoms with van der Waals surface area (Å²) in [5, 5.41) is 5.63. The highest BCUT2D eigenvalue weighted by molar-refractivity contribution is 5.99. The highest BCUT2D eigenvalue weighted by atomic mass is 19.4. The van der Waals surface area contributed by atoms with Gasteiger partial charge in [-0.05, 0) is 56.6 Å². The Morgan fingerprint density at radius 1 is 1.24 bits per heavy atom. The van der Waals surface area contributed by atoms with Crippen molar-refractivity contribution in [3.63, 3.8) is 0 Å². The number of anilines is 1. The van der Waals surface area contributed by atoms with Gasteiger partial charge in [0, 0.05) is 43.0 Å². The molecule has 2 heterocycles. The summed E-state index contributed by atoms with van der Waals surface area (Å²) >= 11 is 0. The van der Waals surface area contributed by atoms with Gasteiger partial charge in [-0.3, -0.25) is 9.59 Å². The van der Waals surface area contributed by atoms with Gasteiger partial charge in [-0.2, -0.15) is 13.2 Å². The predicted molar refractivity (Wildman–Crippen MR) is 120 cm³/mol. The van der Waals surface area contributed by atoms with Crippen molar-refractivity contribution in [2.45, 2.75) is 50.2 Å². The van der Waals surface area contributed by atoms with Gasteiger partial charge >= 0.3 is 6.18 Å². The van der Waals surface area contributed by atoms with Crippen LogP contribution < -0.4 is 10.6 Å². The molecule has 2 N–H and O–H groups in total. The molecule has 10 heteroatoms. The number of hydrogen-bond donors (Lipinski definition) is 2. The van der Waals surface area contributed by atoms with Gasteiger partial charge in [0.25, 0.3) is 0 Å². The van der Waals surface area contributed by atoms with Crippen LogP contribution in [0, 0.1) is 5.41 Å². The summed E-state index contributed by atoms with van der Waals surface area (Å²) in [6.45, 7) is 0.279. The molecule has 0 saturated heterocycles. The highest BCUT2D eigenvalue weighted by Gasteiger charge is 2.68. The lowest BCUT2D eigenvalue weighted by Crippen LogP contribution is -2.43. The number of nitrogens with one attached hydrogen (secondary N) is 2. The lowest BCUT2D eigenvalue weighted by Gasteiger charge is -2.28. The second-order valence-corrected chi connectivity index (χ2v) is 9.36. The second kappa shape index (κ2) is 9.32. The second-order valence-electron chi connectivity index (χ2n) is 9.36. The molecule has 1 saturated carbocycles. The Morgan fingerprint density at radius 3 is 2.56 bits per heavy atom. The Balaban J connectivity index is 1.41. The number of fused-ring (bicyclic) bond motifs is 1. The molecular formula is C24H28F3N5O2. The fraction of sp³-hybridized carbons (Fsp3) is 0.500. The lowest BCUT2D eigenvalue weighted by molar-refractivity contribution is -0.195. The highest BCUT2D eigenvalue weighted by Crippen LogP contribution is 2.65. The third-order valence-electron chi connectivity index (χ3n) is 6.84. The van der Waals surface area contributed by atoms with Gasteiger partial charge in [0.1, 0.15) is 5.82 Å². The minimum Gasteiger partial charge on any atom is -0.354 e. The zero-order chi connectivity index (χ0) is 24.5. The number of hydrogen-bond acceptors (Lipinski definition) is 5. The van der Waals surface area contributed by atoms with E-state index >= 15 is 0 Å². The first-order chi connectivity index (χ1) is 16.1. The maximum atomic E-state index is 13.8. The molecule has 1 fully saturated rings. The van der Waals surface area contributed by atoms with Gasteiger partial charge in [-0.1, -0.05) is 12.1 Å². The van der Waals surface area contributed by atoms with E-state index in [2.05, 4.69) is 20.6 Å². The van der Waals surface area contributed by atoms with E-state index in [1.165, 1.54) is 12.4 Å². The third-order valence-corrected chi connectivity index (χ3v) is 6.84. The molecule has 1 aromatic heterocycles. The molecule has 0 spiro atoms. The normalized spacial score (nSPS) is 18.2. The summed E-state index contributed by atoms with van der Waals surface area (Å²) in [6.07, 6.45) is -1.03. The molecule has 1 aromatic carbocycles. The monoisotopic (exact) mass is 475 g/mol. The lowest BCUT2D eigenvalue weighted by atomic mass is 9.84. The van der Waals surface area contributed by atoms with Crippen molar-refractivity contribution in [1.82, 2.24) is 20.2 Å². The summed E-state index contributed by atoms with van der Waals surface area (Å²) in [7, 11) is 3.78. The molecule has 7 nitrogen and oxygen atoms in total. The SMILES string of the molecule is CN(C)[C@H](CNC(=O)CC(c1ncccn1)C1(C(F)(F)F)CC1)Cc1ccc2c(c1)CC(=O)N2. The van der Waals surface area contributed by atoms with Gasteiger partial charge in [-0.25, -0.2) is 9.97 Å². The van der Waals surface area contributed by atoms with Crippen LogP contribution in [-0.4, -0.2) is 59.5 Å². The summed E-state index contributed by atoms with van der Waals surface area (Å²) in [4.78, 5) is 34.4. The fourth-order valence-electron chi connectivity index (χ4n) is 4.60. The molecule has 1 aliphatic heterocycles.